The van der Waals surface area contributed by atoms with Gasteiger partial charge < -0.3 is 61.3 Å². The summed E-state index contributed by atoms with van der Waals surface area (Å²) in [5.41, 5.74) is 0.401. The van der Waals surface area contributed by atoms with Crippen molar-refractivity contribution in [2.75, 3.05) is 90.9 Å². The van der Waals surface area contributed by atoms with Crippen molar-refractivity contribution in [3.63, 3.8) is 0 Å². The van der Waals surface area contributed by atoms with Crippen molar-refractivity contribution in [1.29, 1.82) is 0 Å². The second kappa shape index (κ2) is 36.9. The number of rotatable bonds is 38. The molecule has 1 heterocycles. The first-order valence-electron chi connectivity index (χ1n) is 22.7. The Hall–Kier alpha value is -5.12. The van der Waals surface area contributed by atoms with Crippen molar-refractivity contribution in [1.82, 2.24) is 36.9 Å². The molecule has 0 aliphatic heterocycles. The second-order valence-corrected chi connectivity index (χ2v) is 16.0. The van der Waals surface area contributed by atoms with E-state index in [0.717, 1.165) is 18.7 Å². The van der Waals surface area contributed by atoms with Crippen LogP contribution in [0, 0.1) is 0 Å². The van der Waals surface area contributed by atoms with Crippen molar-refractivity contribution < 1.29 is 57.6 Å². The molecule has 67 heavy (non-hydrogen) atoms. The third-order valence-electron chi connectivity index (χ3n) is 9.49. The smallest absolute Gasteiger partial charge is 0.309 e. The topological polar surface area (TPSA) is 274 Å². The van der Waals surface area contributed by atoms with Gasteiger partial charge in [0, 0.05) is 68.2 Å². The number of hydrogen-bond acceptors (Lipinski definition) is 13. The average Bonchev–Trinajstić information content (AvgIpc) is 3.29. The maximum Gasteiger partial charge on any atom is 0.309 e. The van der Waals surface area contributed by atoms with E-state index in [0.29, 0.717) is 64.1 Å². The standard InChI is InChI=1S/C45H68Cl2N8O12/c1-2-3-15-50-39(56)13-21-64-25-27-66-23-19-52-44(62)45(63)53-20-24-67-28-26-65-22-14-40(57)51-18-7-4-10-36(54-41(58)12-6-9-17-49-38-11-5-8-16-48-38)43(61)55-37(32-42(59)60)33-29-34(46)31-35(47)30-33/h5,8,11,16,29-31,36-37H,2-4,6-7,9-10,12-15,17-28,32H2,1H3,(H,48,49)(H,50,56)(H,51,57)(H,52,62)(H,53,63)(H,54,58)(H,55,61)(H,59,60). The molecule has 0 radical (unpaired) electrons. The fourth-order valence-electron chi connectivity index (χ4n) is 6.00. The van der Waals surface area contributed by atoms with Gasteiger partial charge in [-0.15, -0.1) is 0 Å². The molecule has 2 rings (SSSR count). The van der Waals surface area contributed by atoms with Crippen molar-refractivity contribution >= 4 is 70.4 Å². The summed E-state index contributed by atoms with van der Waals surface area (Å²) in [7, 11) is 0. The Morgan fingerprint density at radius 2 is 1.18 bits per heavy atom. The normalized spacial score (nSPS) is 11.7. The molecule has 0 spiro atoms. The Bertz CT molecular complexity index is 1760. The van der Waals surface area contributed by atoms with E-state index in [4.69, 9.17) is 42.1 Å². The Morgan fingerprint density at radius 3 is 1.73 bits per heavy atom. The number of unbranched alkanes of at least 4 members (excludes halogenated alkanes) is 3. The molecule has 0 fully saturated rings. The molecule has 6 amide bonds. The molecule has 0 saturated heterocycles. The second-order valence-electron chi connectivity index (χ2n) is 15.1. The summed E-state index contributed by atoms with van der Waals surface area (Å²) in [5, 5.41) is 29.4. The van der Waals surface area contributed by atoms with Gasteiger partial charge >= 0.3 is 17.8 Å². The van der Waals surface area contributed by atoms with Crippen molar-refractivity contribution in [3.05, 3.63) is 58.2 Å². The highest BCUT2D eigenvalue weighted by Crippen LogP contribution is 2.26. The van der Waals surface area contributed by atoms with E-state index in [1.807, 2.05) is 18.2 Å². The van der Waals surface area contributed by atoms with E-state index < -0.39 is 42.2 Å². The van der Waals surface area contributed by atoms with Gasteiger partial charge in [-0.1, -0.05) is 42.6 Å². The van der Waals surface area contributed by atoms with Crippen molar-refractivity contribution in [3.8, 4) is 0 Å². The monoisotopic (exact) mass is 982 g/mol. The van der Waals surface area contributed by atoms with Crippen LogP contribution in [0.5, 0.6) is 0 Å². The van der Waals surface area contributed by atoms with Gasteiger partial charge in [0.1, 0.15) is 11.9 Å². The summed E-state index contributed by atoms with van der Waals surface area (Å²) >= 11 is 12.3. The number of amides is 6. The molecular weight excluding hydrogens is 915 g/mol. The van der Waals surface area contributed by atoms with Crippen LogP contribution in [0.15, 0.2) is 42.6 Å². The van der Waals surface area contributed by atoms with E-state index in [1.165, 1.54) is 18.2 Å². The fourth-order valence-corrected chi connectivity index (χ4v) is 6.54. The lowest BCUT2D eigenvalue weighted by Gasteiger charge is -2.23. The quantitative estimate of drug-likeness (QED) is 0.0355. The minimum atomic E-state index is -1.16. The van der Waals surface area contributed by atoms with Crippen LogP contribution in [-0.2, 0) is 52.5 Å². The predicted molar refractivity (Wildman–Crippen MR) is 251 cm³/mol. The van der Waals surface area contributed by atoms with Crippen LogP contribution in [0.2, 0.25) is 10.0 Å². The number of carbonyl (C=O) groups is 7. The first kappa shape index (κ1) is 58.0. The lowest BCUT2D eigenvalue weighted by Crippen LogP contribution is -2.48. The Morgan fingerprint density at radius 1 is 0.612 bits per heavy atom. The summed E-state index contributed by atoms with van der Waals surface area (Å²) in [5.74, 6) is -3.24. The highest BCUT2D eigenvalue weighted by Gasteiger charge is 2.26. The Kier molecular flexibility index (Phi) is 32.0. The van der Waals surface area contributed by atoms with Crippen LogP contribution in [0.25, 0.3) is 0 Å². The summed E-state index contributed by atoms with van der Waals surface area (Å²) in [6, 6.07) is 8.11. The van der Waals surface area contributed by atoms with Crippen LogP contribution in [0.1, 0.15) is 89.2 Å². The maximum absolute atomic E-state index is 13.6. The molecule has 0 bridgehead atoms. The van der Waals surface area contributed by atoms with E-state index in [1.54, 1.807) is 6.20 Å². The molecular formula is C45H68Cl2N8O12. The van der Waals surface area contributed by atoms with Crippen LogP contribution < -0.4 is 37.2 Å². The molecule has 1 aromatic carbocycles. The van der Waals surface area contributed by atoms with Gasteiger partial charge in [0.05, 0.1) is 65.3 Å². The van der Waals surface area contributed by atoms with Gasteiger partial charge in [0.25, 0.3) is 0 Å². The molecule has 2 unspecified atom stereocenters. The number of nitrogens with zero attached hydrogens (tertiary/aromatic N) is 1. The molecule has 20 nitrogen and oxygen atoms in total. The molecule has 0 saturated carbocycles. The average molecular weight is 984 g/mol. The van der Waals surface area contributed by atoms with Gasteiger partial charge in [0.15, 0.2) is 0 Å². The first-order valence-corrected chi connectivity index (χ1v) is 23.5. The number of anilines is 1. The molecule has 2 atom stereocenters. The van der Waals surface area contributed by atoms with E-state index in [2.05, 4.69) is 49.1 Å². The number of benzene rings is 1. The van der Waals surface area contributed by atoms with Crippen molar-refractivity contribution in [2.24, 2.45) is 0 Å². The molecule has 22 heteroatoms. The zero-order chi connectivity index (χ0) is 48.9. The van der Waals surface area contributed by atoms with E-state index in [9.17, 15) is 38.7 Å². The van der Waals surface area contributed by atoms with Crippen LogP contribution in [0.3, 0.4) is 0 Å². The highest BCUT2D eigenvalue weighted by atomic mass is 35.5. The summed E-state index contributed by atoms with van der Waals surface area (Å²) < 4.78 is 21.6. The SMILES string of the molecule is CCCCNC(=O)CCOCCOCCNC(=O)C(=O)NCCOCCOCCC(=O)NCCCCC(NC(=O)CCCCNc1ccccn1)C(=O)NC(CC(=O)O)c1cc(Cl)cc(Cl)c1. The number of carbonyl (C=O) groups excluding carboxylic acids is 6. The zero-order valence-electron chi connectivity index (χ0n) is 38.3. The summed E-state index contributed by atoms with van der Waals surface area (Å²) in [6.45, 7) is 5.62. The largest absolute Gasteiger partial charge is 0.481 e. The highest BCUT2D eigenvalue weighted by molar-refractivity contribution is 6.35. The molecule has 2 aromatic rings. The van der Waals surface area contributed by atoms with Gasteiger partial charge in [-0.25, -0.2) is 4.98 Å². The lowest BCUT2D eigenvalue weighted by molar-refractivity contribution is -0.139. The molecule has 1 aromatic heterocycles. The minimum absolute atomic E-state index is 0.0534. The van der Waals surface area contributed by atoms with E-state index >= 15 is 0 Å². The fraction of sp³-hybridized carbons (Fsp3) is 0.600. The number of hydrogen-bond donors (Lipinski definition) is 8. The van der Waals surface area contributed by atoms with Gasteiger partial charge in [0.2, 0.25) is 23.6 Å². The van der Waals surface area contributed by atoms with Gasteiger partial charge in [-0.2, -0.15) is 0 Å². The predicted octanol–water partition coefficient (Wildman–Crippen LogP) is 3.07. The number of nitrogens with one attached hydrogen (secondary N) is 7. The van der Waals surface area contributed by atoms with Crippen LogP contribution in [0.4, 0.5) is 5.82 Å². The number of carboxylic acids is 1. The Labute approximate surface area is 402 Å². The maximum atomic E-state index is 13.6. The van der Waals surface area contributed by atoms with Gasteiger partial charge in [-0.05, 0) is 74.4 Å². The molecule has 0 aliphatic carbocycles. The zero-order valence-corrected chi connectivity index (χ0v) is 39.8. The first-order chi connectivity index (χ1) is 32.4. The summed E-state index contributed by atoms with van der Waals surface area (Å²) in [4.78, 5) is 90.4. The minimum Gasteiger partial charge on any atom is -0.481 e. The third kappa shape index (κ3) is 30.0. The summed E-state index contributed by atoms with van der Waals surface area (Å²) in [6.07, 6.45) is 6.13. The number of aliphatic carboxylic acids is 1. The number of pyridine rings is 1. The van der Waals surface area contributed by atoms with Crippen LogP contribution in [-0.4, -0.2) is 143 Å². The molecule has 374 valence electrons. The lowest BCUT2D eigenvalue weighted by atomic mass is 10.0. The Balaban J connectivity index is 1.60. The van der Waals surface area contributed by atoms with Gasteiger partial charge in [-0.3, -0.25) is 33.6 Å². The third-order valence-corrected chi connectivity index (χ3v) is 9.93. The molecule has 8 N–H and O–H groups in total. The van der Waals surface area contributed by atoms with Crippen molar-refractivity contribution in [2.45, 2.75) is 89.6 Å². The van der Waals surface area contributed by atoms with E-state index in [-0.39, 0.29) is 106 Å². The number of carboxylic acid groups (broad SMARTS) is 1. The number of aromatic nitrogens is 1. The van der Waals surface area contributed by atoms with Crippen LogP contribution >= 0.6 is 23.2 Å². The number of ether oxygens (including phenoxy) is 4. The molecule has 0 aliphatic rings. The number of halogens is 2.